The summed E-state index contributed by atoms with van der Waals surface area (Å²) < 4.78 is 10.8. The zero-order chi connectivity index (χ0) is 13.8. The quantitative estimate of drug-likeness (QED) is 0.621. The van der Waals surface area contributed by atoms with Crippen LogP contribution in [0.2, 0.25) is 10.0 Å². The molecule has 100 valence electrons. The highest BCUT2D eigenvalue weighted by Crippen LogP contribution is 2.32. The molecular weight excluding hydrogens is 307 g/mol. The predicted octanol–water partition coefficient (Wildman–Crippen LogP) is 4.31. The SMILES string of the molecule is COc1cnc(SC)nc1Oc1cc(Cl)cc(Cl)c1. The number of nitrogens with zero attached hydrogens (tertiary/aromatic N) is 2. The lowest BCUT2D eigenvalue weighted by atomic mass is 10.3. The fourth-order valence-corrected chi connectivity index (χ4v) is 2.19. The van der Waals surface area contributed by atoms with Crippen molar-refractivity contribution in [3.63, 3.8) is 0 Å². The first-order chi connectivity index (χ1) is 9.12. The molecule has 2 rings (SSSR count). The lowest BCUT2D eigenvalue weighted by molar-refractivity contribution is 0.363. The molecule has 1 aromatic carbocycles. The minimum atomic E-state index is 0.320. The molecule has 0 fully saturated rings. The van der Waals surface area contributed by atoms with E-state index in [4.69, 9.17) is 32.7 Å². The van der Waals surface area contributed by atoms with Crippen LogP contribution in [0.4, 0.5) is 0 Å². The highest BCUT2D eigenvalue weighted by atomic mass is 35.5. The number of methoxy groups -OCH3 is 1. The van der Waals surface area contributed by atoms with Crippen LogP contribution in [0.1, 0.15) is 0 Å². The van der Waals surface area contributed by atoms with Crippen LogP contribution in [0.25, 0.3) is 0 Å². The second-order valence-corrected chi connectivity index (χ2v) is 5.08. The number of halogens is 2. The van der Waals surface area contributed by atoms with E-state index in [0.717, 1.165) is 0 Å². The lowest BCUT2D eigenvalue weighted by Crippen LogP contribution is -1.96. The standard InChI is InChI=1S/C12H10Cl2N2O2S/c1-17-10-6-15-12(19-2)16-11(10)18-9-4-7(13)3-8(14)5-9/h3-6H,1-2H3. The smallest absolute Gasteiger partial charge is 0.266 e. The summed E-state index contributed by atoms with van der Waals surface area (Å²) in [5.74, 6) is 1.25. The lowest BCUT2D eigenvalue weighted by Gasteiger charge is -2.10. The fraction of sp³-hybridized carbons (Fsp3) is 0.167. The summed E-state index contributed by atoms with van der Waals surface area (Å²) in [4.78, 5) is 8.34. The maximum atomic E-state index is 5.92. The van der Waals surface area contributed by atoms with Crippen LogP contribution < -0.4 is 9.47 Å². The van der Waals surface area contributed by atoms with Gasteiger partial charge in [0.2, 0.25) is 0 Å². The summed E-state index contributed by atoms with van der Waals surface area (Å²) in [6.45, 7) is 0. The number of thioether (sulfide) groups is 1. The van der Waals surface area contributed by atoms with E-state index in [1.807, 2.05) is 6.26 Å². The number of benzene rings is 1. The summed E-state index contributed by atoms with van der Waals surface area (Å²) in [5.41, 5.74) is 0. The molecule has 0 unspecified atom stereocenters. The molecule has 19 heavy (non-hydrogen) atoms. The Morgan fingerprint density at radius 1 is 1.16 bits per heavy atom. The normalized spacial score (nSPS) is 10.3. The van der Waals surface area contributed by atoms with Gasteiger partial charge in [0.1, 0.15) is 5.75 Å². The third-order valence-corrected chi connectivity index (χ3v) is 3.15. The van der Waals surface area contributed by atoms with E-state index in [-0.39, 0.29) is 0 Å². The summed E-state index contributed by atoms with van der Waals surface area (Å²) in [6.07, 6.45) is 3.43. The molecule has 0 aliphatic rings. The number of aromatic nitrogens is 2. The zero-order valence-electron chi connectivity index (χ0n) is 10.2. The molecule has 2 aromatic rings. The molecule has 0 atom stereocenters. The molecule has 4 nitrogen and oxygen atoms in total. The minimum Gasteiger partial charge on any atom is -0.490 e. The summed E-state index contributed by atoms with van der Waals surface area (Å²) in [7, 11) is 1.52. The maximum absolute atomic E-state index is 5.92. The zero-order valence-corrected chi connectivity index (χ0v) is 12.5. The van der Waals surface area contributed by atoms with E-state index < -0.39 is 0 Å². The van der Waals surface area contributed by atoms with Crippen LogP contribution in [0.15, 0.2) is 29.6 Å². The van der Waals surface area contributed by atoms with Gasteiger partial charge in [-0.1, -0.05) is 35.0 Å². The maximum Gasteiger partial charge on any atom is 0.266 e. The monoisotopic (exact) mass is 316 g/mol. The van der Waals surface area contributed by atoms with E-state index in [2.05, 4.69) is 9.97 Å². The number of hydrogen-bond donors (Lipinski definition) is 0. The van der Waals surface area contributed by atoms with E-state index in [1.165, 1.54) is 18.9 Å². The Balaban J connectivity index is 2.35. The molecule has 0 spiro atoms. The van der Waals surface area contributed by atoms with Crippen LogP contribution >= 0.6 is 35.0 Å². The molecule has 0 saturated carbocycles. The molecule has 0 aliphatic heterocycles. The highest BCUT2D eigenvalue weighted by Gasteiger charge is 2.11. The van der Waals surface area contributed by atoms with E-state index in [0.29, 0.717) is 32.6 Å². The van der Waals surface area contributed by atoms with Crippen molar-refractivity contribution in [2.45, 2.75) is 5.16 Å². The Bertz CT molecular complexity index is 576. The van der Waals surface area contributed by atoms with Gasteiger partial charge in [-0.25, -0.2) is 4.98 Å². The molecule has 1 aromatic heterocycles. The van der Waals surface area contributed by atoms with Gasteiger partial charge in [0, 0.05) is 10.0 Å². The highest BCUT2D eigenvalue weighted by molar-refractivity contribution is 7.98. The Hall–Kier alpha value is -1.17. The third kappa shape index (κ3) is 3.65. The van der Waals surface area contributed by atoms with Gasteiger partial charge >= 0.3 is 0 Å². The van der Waals surface area contributed by atoms with Gasteiger partial charge in [-0.2, -0.15) is 4.98 Å². The van der Waals surface area contributed by atoms with Gasteiger partial charge in [-0.15, -0.1) is 0 Å². The van der Waals surface area contributed by atoms with Crippen LogP contribution in [0, 0.1) is 0 Å². The Morgan fingerprint density at radius 3 is 2.42 bits per heavy atom. The van der Waals surface area contributed by atoms with Crippen LogP contribution in [-0.4, -0.2) is 23.3 Å². The average molecular weight is 317 g/mol. The summed E-state index contributed by atoms with van der Waals surface area (Å²) >= 11 is 13.2. The van der Waals surface area contributed by atoms with Gasteiger partial charge in [-0.05, 0) is 24.5 Å². The second kappa shape index (κ2) is 6.32. The largest absolute Gasteiger partial charge is 0.490 e. The van der Waals surface area contributed by atoms with Gasteiger partial charge in [-0.3, -0.25) is 0 Å². The van der Waals surface area contributed by atoms with Crippen molar-refractivity contribution in [2.24, 2.45) is 0 Å². The molecule has 7 heteroatoms. The van der Waals surface area contributed by atoms with Crippen molar-refractivity contribution in [3.8, 4) is 17.4 Å². The van der Waals surface area contributed by atoms with E-state index >= 15 is 0 Å². The minimum absolute atomic E-state index is 0.320. The first-order valence-electron chi connectivity index (χ1n) is 5.21. The van der Waals surface area contributed by atoms with Crippen LogP contribution in [-0.2, 0) is 0 Å². The Kier molecular flexibility index (Phi) is 4.74. The second-order valence-electron chi connectivity index (χ2n) is 3.44. The first kappa shape index (κ1) is 14.2. The van der Waals surface area contributed by atoms with Gasteiger partial charge in [0.25, 0.3) is 5.88 Å². The molecule has 0 radical (unpaired) electrons. The van der Waals surface area contributed by atoms with Crippen molar-refractivity contribution < 1.29 is 9.47 Å². The molecule has 1 heterocycles. The van der Waals surface area contributed by atoms with Crippen LogP contribution in [0.5, 0.6) is 17.4 Å². The number of rotatable bonds is 4. The number of ether oxygens (including phenoxy) is 2. The molecule has 0 N–H and O–H groups in total. The van der Waals surface area contributed by atoms with E-state index in [1.54, 1.807) is 24.4 Å². The van der Waals surface area contributed by atoms with Crippen molar-refractivity contribution in [1.82, 2.24) is 9.97 Å². The Labute approximate surface area is 125 Å². The summed E-state index contributed by atoms with van der Waals surface area (Å²) in [6, 6.07) is 4.92. The van der Waals surface area contributed by atoms with Crippen molar-refractivity contribution in [1.29, 1.82) is 0 Å². The van der Waals surface area contributed by atoms with Gasteiger partial charge in [0.05, 0.1) is 13.3 Å². The van der Waals surface area contributed by atoms with E-state index in [9.17, 15) is 0 Å². The topological polar surface area (TPSA) is 44.2 Å². The molecule has 0 saturated heterocycles. The van der Waals surface area contributed by atoms with Crippen molar-refractivity contribution in [3.05, 3.63) is 34.4 Å². The third-order valence-electron chi connectivity index (χ3n) is 2.15. The molecule has 0 aliphatic carbocycles. The molecular formula is C12H10Cl2N2O2S. The Morgan fingerprint density at radius 2 is 1.84 bits per heavy atom. The van der Waals surface area contributed by atoms with Crippen molar-refractivity contribution in [2.75, 3.05) is 13.4 Å². The molecule has 0 amide bonds. The first-order valence-corrected chi connectivity index (χ1v) is 7.19. The van der Waals surface area contributed by atoms with Gasteiger partial charge in [0.15, 0.2) is 10.9 Å². The van der Waals surface area contributed by atoms with Crippen LogP contribution in [0.3, 0.4) is 0 Å². The number of hydrogen-bond acceptors (Lipinski definition) is 5. The predicted molar refractivity (Wildman–Crippen MR) is 76.9 cm³/mol. The van der Waals surface area contributed by atoms with Gasteiger partial charge < -0.3 is 9.47 Å². The average Bonchev–Trinajstić information content (AvgIpc) is 2.37. The summed E-state index contributed by atoms with van der Waals surface area (Å²) in [5, 5.41) is 1.56. The fourth-order valence-electron chi connectivity index (χ4n) is 1.35. The molecule has 0 bridgehead atoms. The van der Waals surface area contributed by atoms with Crippen molar-refractivity contribution >= 4 is 35.0 Å².